The van der Waals surface area contributed by atoms with Crippen molar-refractivity contribution in [3.05, 3.63) is 52.2 Å². The third-order valence-corrected chi connectivity index (χ3v) is 3.32. The number of aliphatic hydroxyl groups excluding tert-OH is 1. The molecule has 2 rings (SSSR count). The van der Waals surface area contributed by atoms with E-state index in [0.717, 1.165) is 16.8 Å². The van der Waals surface area contributed by atoms with Crippen LogP contribution >= 0.6 is 11.3 Å². The molecule has 1 heterocycles. The van der Waals surface area contributed by atoms with E-state index in [1.54, 1.807) is 11.3 Å². The highest BCUT2D eigenvalue weighted by Gasteiger charge is 2.04. The van der Waals surface area contributed by atoms with E-state index in [2.05, 4.69) is 17.2 Å². The van der Waals surface area contributed by atoms with Gasteiger partial charge in [-0.25, -0.2) is 0 Å². The number of aliphatic hydroxyl groups is 1. The molecule has 0 aliphatic heterocycles. The fraction of sp³-hybridized carbons (Fsp3) is 0.188. The van der Waals surface area contributed by atoms with Gasteiger partial charge in [0.1, 0.15) is 0 Å². The molecule has 0 atom stereocenters. The molecule has 0 radical (unpaired) electrons. The molecule has 3 nitrogen and oxygen atoms in total. The minimum absolute atomic E-state index is 0.0254. The molecule has 1 aromatic heterocycles. The van der Waals surface area contributed by atoms with Crippen LogP contribution < -0.4 is 5.32 Å². The van der Waals surface area contributed by atoms with E-state index in [4.69, 9.17) is 5.11 Å². The minimum Gasteiger partial charge on any atom is -0.395 e. The van der Waals surface area contributed by atoms with Crippen LogP contribution in [0.4, 0.5) is 5.69 Å². The van der Waals surface area contributed by atoms with Crippen LogP contribution in [0.25, 0.3) is 0 Å². The first-order valence-corrected chi connectivity index (χ1v) is 7.23. The maximum absolute atomic E-state index is 11.8. The number of carbonyl (C=O) groups is 1. The summed E-state index contributed by atoms with van der Waals surface area (Å²) in [6, 6.07) is 9.31. The second kappa shape index (κ2) is 7.49. The Bertz CT molecular complexity index is 606. The quantitative estimate of drug-likeness (QED) is 0.849. The van der Waals surface area contributed by atoms with E-state index in [1.165, 1.54) is 0 Å². The van der Waals surface area contributed by atoms with Gasteiger partial charge in [0, 0.05) is 17.7 Å². The van der Waals surface area contributed by atoms with E-state index >= 15 is 0 Å². The summed E-state index contributed by atoms with van der Waals surface area (Å²) in [6.07, 6.45) is 0.862. The molecule has 0 fully saturated rings. The summed E-state index contributed by atoms with van der Waals surface area (Å²) in [7, 11) is 0. The highest BCUT2D eigenvalue weighted by atomic mass is 32.1. The Hall–Kier alpha value is -2.09. The number of rotatable bonds is 4. The van der Waals surface area contributed by atoms with Gasteiger partial charge in [-0.05, 0) is 46.7 Å². The molecule has 0 unspecified atom stereocenters. The van der Waals surface area contributed by atoms with E-state index < -0.39 is 0 Å². The fourth-order valence-electron chi connectivity index (χ4n) is 1.64. The Labute approximate surface area is 122 Å². The van der Waals surface area contributed by atoms with Crippen molar-refractivity contribution in [2.45, 2.75) is 12.8 Å². The third-order valence-electron chi connectivity index (χ3n) is 2.58. The molecular formula is C16H15NO2S. The molecule has 0 aliphatic carbocycles. The Balaban J connectivity index is 1.90. The summed E-state index contributed by atoms with van der Waals surface area (Å²) in [5.74, 6) is 5.77. The van der Waals surface area contributed by atoms with Crippen LogP contribution in [0.15, 0.2) is 41.1 Å². The zero-order valence-corrected chi connectivity index (χ0v) is 11.7. The zero-order valence-electron chi connectivity index (χ0n) is 10.9. The zero-order chi connectivity index (χ0) is 14.2. The summed E-state index contributed by atoms with van der Waals surface area (Å²) >= 11 is 1.59. The van der Waals surface area contributed by atoms with Crippen LogP contribution in [-0.2, 0) is 11.2 Å². The molecule has 1 amide bonds. The number of nitrogens with one attached hydrogen (secondary N) is 1. The molecule has 102 valence electrons. The molecule has 2 aromatic rings. The highest BCUT2D eigenvalue weighted by molar-refractivity contribution is 7.08. The average Bonchev–Trinajstić information content (AvgIpc) is 2.94. The number of hydrogen-bond acceptors (Lipinski definition) is 3. The molecule has 0 aliphatic rings. The number of thiophene rings is 1. The van der Waals surface area contributed by atoms with Gasteiger partial charge in [-0.1, -0.05) is 11.8 Å². The lowest BCUT2D eigenvalue weighted by Crippen LogP contribution is -2.13. The summed E-state index contributed by atoms with van der Waals surface area (Å²) < 4.78 is 0. The third kappa shape index (κ3) is 4.54. The minimum atomic E-state index is -0.0254. The Kier molecular flexibility index (Phi) is 5.36. The van der Waals surface area contributed by atoms with Crippen LogP contribution in [0.3, 0.4) is 0 Å². The van der Waals surface area contributed by atoms with E-state index in [-0.39, 0.29) is 12.5 Å². The lowest BCUT2D eigenvalue weighted by Gasteiger charge is -2.04. The molecular weight excluding hydrogens is 270 g/mol. The first kappa shape index (κ1) is 14.3. The Morgan fingerprint density at radius 3 is 2.70 bits per heavy atom. The molecule has 0 spiro atoms. The van der Waals surface area contributed by atoms with Crippen LogP contribution in [0.1, 0.15) is 17.5 Å². The van der Waals surface area contributed by atoms with Gasteiger partial charge < -0.3 is 10.4 Å². The van der Waals surface area contributed by atoms with Gasteiger partial charge in [-0.15, -0.1) is 0 Å². The molecule has 20 heavy (non-hydrogen) atoms. The topological polar surface area (TPSA) is 49.3 Å². The fourth-order valence-corrected chi connectivity index (χ4v) is 2.31. The van der Waals surface area contributed by atoms with Gasteiger partial charge in [-0.2, -0.15) is 11.3 Å². The normalized spacial score (nSPS) is 9.65. The monoisotopic (exact) mass is 285 g/mol. The van der Waals surface area contributed by atoms with Crippen LogP contribution in [0, 0.1) is 11.8 Å². The van der Waals surface area contributed by atoms with Gasteiger partial charge in [-0.3, -0.25) is 4.79 Å². The summed E-state index contributed by atoms with van der Waals surface area (Å²) in [5, 5.41) is 15.4. The predicted molar refractivity (Wildman–Crippen MR) is 81.7 cm³/mol. The number of amides is 1. The van der Waals surface area contributed by atoms with E-state index in [9.17, 15) is 4.79 Å². The van der Waals surface area contributed by atoms with Crippen molar-refractivity contribution in [1.82, 2.24) is 0 Å². The standard InChI is InChI=1S/C16H15NO2S/c18-9-2-1-3-13-4-6-15(7-5-13)17-16(19)11-14-8-10-20-12-14/h4-8,10,12,18H,2,9,11H2,(H,17,19). The van der Waals surface area contributed by atoms with Crippen molar-refractivity contribution in [2.24, 2.45) is 0 Å². The first-order valence-electron chi connectivity index (χ1n) is 6.28. The molecule has 1 aromatic carbocycles. The van der Waals surface area contributed by atoms with E-state index in [1.807, 2.05) is 41.1 Å². The van der Waals surface area contributed by atoms with Gasteiger partial charge >= 0.3 is 0 Å². The van der Waals surface area contributed by atoms with Gasteiger partial charge in [0.15, 0.2) is 0 Å². The predicted octanol–water partition coefficient (Wildman–Crippen LogP) is 2.66. The number of anilines is 1. The van der Waals surface area contributed by atoms with Gasteiger partial charge in [0.25, 0.3) is 0 Å². The molecule has 0 bridgehead atoms. The van der Waals surface area contributed by atoms with Crippen molar-refractivity contribution >= 4 is 22.9 Å². The second-order valence-corrected chi connectivity index (χ2v) is 4.99. The number of hydrogen-bond donors (Lipinski definition) is 2. The van der Waals surface area contributed by atoms with E-state index in [0.29, 0.717) is 12.8 Å². The van der Waals surface area contributed by atoms with Crippen LogP contribution in [-0.4, -0.2) is 17.6 Å². The van der Waals surface area contributed by atoms with Crippen molar-refractivity contribution in [1.29, 1.82) is 0 Å². The second-order valence-electron chi connectivity index (χ2n) is 4.21. The van der Waals surface area contributed by atoms with Crippen molar-refractivity contribution in [3.8, 4) is 11.8 Å². The maximum Gasteiger partial charge on any atom is 0.228 e. The Morgan fingerprint density at radius 2 is 2.05 bits per heavy atom. The number of benzene rings is 1. The van der Waals surface area contributed by atoms with Crippen LogP contribution in [0.5, 0.6) is 0 Å². The smallest absolute Gasteiger partial charge is 0.228 e. The van der Waals surface area contributed by atoms with Crippen molar-refractivity contribution < 1.29 is 9.90 Å². The largest absolute Gasteiger partial charge is 0.395 e. The lowest BCUT2D eigenvalue weighted by atomic mass is 10.2. The first-order chi connectivity index (χ1) is 9.78. The summed E-state index contributed by atoms with van der Waals surface area (Å²) in [4.78, 5) is 11.8. The van der Waals surface area contributed by atoms with Gasteiger partial charge in [0.05, 0.1) is 13.0 Å². The summed E-state index contributed by atoms with van der Waals surface area (Å²) in [5.41, 5.74) is 2.66. The molecule has 0 saturated heterocycles. The Morgan fingerprint density at radius 1 is 1.25 bits per heavy atom. The molecule has 0 saturated carbocycles. The van der Waals surface area contributed by atoms with Crippen molar-refractivity contribution in [2.75, 3.05) is 11.9 Å². The maximum atomic E-state index is 11.8. The lowest BCUT2D eigenvalue weighted by molar-refractivity contribution is -0.115. The van der Waals surface area contributed by atoms with Gasteiger partial charge in [0.2, 0.25) is 5.91 Å². The number of carbonyl (C=O) groups excluding carboxylic acids is 1. The molecule has 4 heteroatoms. The highest BCUT2D eigenvalue weighted by Crippen LogP contribution is 2.11. The van der Waals surface area contributed by atoms with Crippen molar-refractivity contribution in [3.63, 3.8) is 0 Å². The SMILES string of the molecule is O=C(Cc1ccsc1)Nc1ccc(C#CCCO)cc1. The van der Waals surface area contributed by atoms with Crippen LogP contribution in [0.2, 0.25) is 0 Å². The molecule has 2 N–H and O–H groups in total. The average molecular weight is 285 g/mol. The summed E-state index contributed by atoms with van der Waals surface area (Å²) in [6.45, 7) is 0.0731.